The van der Waals surface area contributed by atoms with Gasteiger partial charge in [-0.15, -0.1) is 0 Å². The van der Waals surface area contributed by atoms with Gasteiger partial charge in [0.05, 0.1) is 11.2 Å². The van der Waals surface area contributed by atoms with Gasteiger partial charge < -0.3 is 4.74 Å². The lowest BCUT2D eigenvalue weighted by molar-refractivity contribution is 0.0532. The minimum absolute atomic E-state index is 0.00731. The molecule has 18 heavy (non-hydrogen) atoms. The fourth-order valence-electron chi connectivity index (χ4n) is 0.930. The molecule has 1 rings (SSSR count). The molecule has 0 radical (unpaired) electrons. The summed E-state index contributed by atoms with van der Waals surface area (Å²) >= 11 is 5.71. The van der Waals surface area contributed by atoms with E-state index >= 15 is 0 Å². The van der Waals surface area contributed by atoms with Crippen LogP contribution in [0.1, 0.15) is 17.4 Å². The van der Waals surface area contributed by atoms with Gasteiger partial charge in [0.15, 0.2) is 5.69 Å². The van der Waals surface area contributed by atoms with Crippen LogP contribution in [0.2, 0.25) is 5.02 Å². The summed E-state index contributed by atoms with van der Waals surface area (Å²) in [5.74, 6) is -0.824. The Morgan fingerprint density at radius 1 is 1.56 bits per heavy atom. The summed E-state index contributed by atoms with van der Waals surface area (Å²) < 4.78 is 27.3. The molecule has 0 amide bonds. The third-order valence-corrected chi connectivity index (χ3v) is 2.83. The SMILES string of the molecule is C=C(C)COC(=O)c1nc(S(C)(=O)=O)ncc1Cl. The molecular formula is C10H11ClN2O4S. The first kappa shape index (κ1) is 14.6. The predicted molar refractivity (Wildman–Crippen MR) is 65.2 cm³/mol. The fourth-order valence-corrected chi connectivity index (χ4v) is 1.60. The smallest absolute Gasteiger partial charge is 0.358 e. The molecule has 0 saturated heterocycles. The van der Waals surface area contributed by atoms with Crippen molar-refractivity contribution in [3.05, 3.63) is 29.1 Å². The Morgan fingerprint density at radius 2 is 2.17 bits per heavy atom. The number of sulfone groups is 1. The van der Waals surface area contributed by atoms with Gasteiger partial charge in [0.2, 0.25) is 15.0 Å². The molecule has 1 heterocycles. The van der Waals surface area contributed by atoms with Gasteiger partial charge in [0.1, 0.15) is 6.61 Å². The quantitative estimate of drug-likeness (QED) is 0.471. The zero-order valence-corrected chi connectivity index (χ0v) is 11.4. The van der Waals surface area contributed by atoms with Gasteiger partial charge in [-0.05, 0) is 12.5 Å². The van der Waals surface area contributed by atoms with Crippen LogP contribution in [0.4, 0.5) is 0 Å². The van der Waals surface area contributed by atoms with Crippen molar-refractivity contribution in [2.45, 2.75) is 12.1 Å². The summed E-state index contributed by atoms with van der Waals surface area (Å²) in [5, 5.41) is -0.553. The summed E-state index contributed by atoms with van der Waals surface area (Å²) in [5.41, 5.74) is 0.352. The first-order chi connectivity index (χ1) is 8.21. The lowest BCUT2D eigenvalue weighted by atomic mass is 10.4. The van der Waals surface area contributed by atoms with E-state index < -0.39 is 21.0 Å². The highest BCUT2D eigenvalue weighted by atomic mass is 35.5. The number of hydrogen-bond donors (Lipinski definition) is 0. The number of nitrogens with zero attached hydrogens (tertiary/aromatic N) is 2. The molecule has 8 heteroatoms. The van der Waals surface area contributed by atoms with Crippen molar-refractivity contribution in [3.63, 3.8) is 0 Å². The molecule has 0 aliphatic carbocycles. The highest BCUT2D eigenvalue weighted by molar-refractivity contribution is 7.90. The van der Waals surface area contributed by atoms with E-state index in [1.165, 1.54) is 0 Å². The minimum Gasteiger partial charge on any atom is -0.456 e. The van der Waals surface area contributed by atoms with Crippen LogP contribution in [0.3, 0.4) is 0 Å². The molecule has 0 aliphatic heterocycles. The van der Waals surface area contributed by atoms with Gasteiger partial charge in [-0.3, -0.25) is 0 Å². The molecule has 0 aromatic carbocycles. The molecule has 1 aromatic heterocycles. The van der Waals surface area contributed by atoms with Crippen molar-refractivity contribution < 1.29 is 17.9 Å². The normalized spacial score (nSPS) is 11.1. The van der Waals surface area contributed by atoms with Crippen LogP contribution >= 0.6 is 11.6 Å². The zero-order valence-electron chi connectivity index (χ0n) is 9.81. The molecule has 0 spiro atoms. The van der Waals surface area contributed by atoms with Crippen molar-refractivity contribution in [2.24, 2.45) is 0 Å². The van der Waals surface area contributed by atoms with Crippen LogP contribution in [-0.2, 0) is 14.6 Å². The Kier molecular flexibility index (Phi) is 4.42. The molecule has 0 aliphatic rings. The number of aromatic nitrogens is 2. The van der Waals surface area contributed by atoms with Gasteiger partial charge in [-0.1, -0.05) is 18.2 Å². The Hall–Kier alpha value is -1.47. The molecule has 0 N–H and O–H groups in total. The Balaban J connectivity index is 3.08. The van der Waals surface area contributed by atoms with Crippen LogP contribution in [0.25, 0.3) is 0 Å². The molecular weight excluding hydrogens is 280 g/mol. The summed E-state index contributed by atoms with van der Waals surface area (Å²) in [6.07, 6.45) is 1.97. The van der Waals surface area contributed by atoms with Gasteiger partial charge in [-0.25, -0.2) is 23.2 Å². The van der Waals surface area contributed by atoms with Crippen LogP contribution in [0.15, 0.2) is 23.5 Å². The van der Waals surface area contributed by atoms with Crippen molar-refractivity contribution in [1.29, 1.82) is 0 Å². The molecule has 6 nitrogen and oxygen atoms in total. The number of ether oxygens (including phenoxy) is 1. The number of rotatable bonds is 4. The van der Waals surface area contributed by atoms with E-state index in [1.807, 2.05) is 0 Å². The van der Waals surface area contributed by atoms with Crippen molar-refractivity contribution >= 4 is 27.4 Å². The number of esters is 1. The first-order valence-corrected chi connectivity index (χ1v) is 7.03. The lowest BCUT2D eigenvalue weighted by Crippen LogP contribution is -2.13. The number of carbonyl (C=O) groups is 1. The van der Waals surface area contributed by atoms with Crippen LogP contribution in [-0.4, -0.2) is 37.2 Å². The van der Waals surface area contributed by atoms with Crippen LogP contribution in [0.5, 0.6) is 0 Å². The number of hydrogen-bond acceptors (Lipinski definition) is 6. The van der Waals surface area contributed by atoms with Gasteiger partial charge >= 0.3 is 5.97 Å². The second kappa shape index (κ2) is 5.45. The second-order valence-corrected chi connectivity index (χ2v) is 5.97. The van der Waals surface area contributed by atoms with E-state index in [9.17, 15) is 13.2 Å². The van der Waals surface area contributed by atoms with Crippen molar-refractivity contribution in [2.75, 3.05) is 12.9 Å². The van der Waals surface area contributed by atoms with E-state index in [4.69, 9.17) is 16.3 Å². The monoisotopic (exact) mass is 290 g/mol. The standard InChI is InChI=1S/C10H11ClN2O4S/c1-6(2)5-17-9(14)8-7(11)4-12-10(13-8)18(3,15)16/h4H,1,5H2,2-3H3. The number of halogens is 1. The molecule has 0 fully saturated rings. The van der Waals surface area contributed by atoms with Crippen molar-refractivity contribution in [3.8, 4) is 0 Å². The lowest BCUT2D eigenvalue weighted by Gasteiger charge is -2.05. The Bertz CT molecular complexity index is 598. The van der Waals surface area contributed by atoms with Gasteiger partial charge in [-0.2, -0.15) is 0 Å². The maximum Gasteiger partial charge on any atom is 0.358 e. The first-order valence-electron chi connectivity index (χ1n) is 4.76. The Morgan fingerprint density at radius 3 is 2.67 bits per heavy atom. The van der Waals surface area contributed by atoms with Gasteiger partial charge in [0.25, 0.3) is 0 Å². The highest BCUT2D eigenvalue weighted by Crippen LogP contribution is 2.15. The van der Waals surface area contributed by atoms with E-state index in [0.29, 0.717) is 5.57 Å². The third-order valence-electron chi connectivity index (χ3n) is 1.70. The largest absolute Gasteiger partial charge is 0.456 e. The molecule has 98 valence electrons. The minimum atomic E-state index is -3.61. The molecule has 0 unspecified atom stereocenters. The van der Waals surface area contributed by atoms with Crippen LogP contribution in [0, 0.1) is 0 Å². The Labute approximate surface area is 110 Å². The molecule has 1 aromatic rings. The zero-order chi connectivity index (χ0) is 13.9. The van der Waals surface area contributed by atoms with E-state index in [-0.39, 0.29) is 17.3 Å². The maximum absolute atomic E-state index is 11.6. The summed E-state index contributed by atoms with van der Waals surface area (Å²) in [7, 11) is -3.61. The van der Waals surface area contributed by atoms with E-state index in [2.05, 4.69) is 16.5 Å². The summed E-state index contributed by atoms with van der Waals surface area (Å²) in [4.78, 5) is 18.7. The predicted octanol–water partition coefficient (Wildman–Crippen LogP) is 1.27. The van der Waals surface area contributed by atoms with Crippen LogP contribution < -0.4 is 0 Å². The average molecular weight is 291 g/mol. The van der Waals surface area contributed by atoms with Crippen molar-refractivity contribution in [1.82, 2.24) is 9.97 Å². The second-order valence-electron chi connectivity index (χ2n) is 3.65. The molecule has 0 atom stereocenters. The topological polar surface area (TPSA) is 86.2 Å². The summed E-state index contributed by atoms with van der Waals surface area (Å²) in [6, 6.07) is 0. The molecule has 0 bridgehead atoms. The fraction of sp³-hybridized carbons (Fsp3) is 0.300. The summed E-state index contributed by atoms with van der Waals surface area (Å²) in [6.45, 7) is 5.25. The third kappa shape index (κ3) is 3.78. The number of carbonyl (C=O) groups excluding carboxylic acids is 1. The molecule has 0 saturated carbocycles. The average Bonchev–Trinajstić information content (AvgIpc) is 2.24. The van der Waals surface area contributed by atoms with E-state index in [1.54, 1.807) is 6.92 Å². The van der Waals surface area contributed by atoms with E-state index in [0.717, 1.165) is 12.5 Å². The highest BCUT2D eigenvalue weighted by Gasteiger charge is 2.19. The van der Waals surface area contributed by atoms with Gasteiger partial charge in [0, 0.05) is 6.26 Å². The maximum atomic E-state index is 11.6.